The van der Waals surface area contributed by atoms with Crippen LogP contribution in [0.1, 0.15) is 109 Å². The van der Waals surface area contributed by atoms with Gasteiger partial charge in [-0.15, -0.1) is 0 Å². The first kappa shape index (κ1) is 66.5. The largest absolute Gasteiger partial charge is 0.507 e. The van der Waals surface area contributed by atoms with Gasteiger partial charge >= 0.3 is 0 Å². The summed E-state index contributed by atoms with van der Waals surface area (Å²) in [5.74, 6) is -5.92. The number of carbonyl (C=O) groups excluding carboxylic acids is 10. The number of aromatic hydroxyl groups is 1. The molecule has 8 rings (SSSR count). The van der Waals surface area contributed by atoms with Crippen LogP contribution in [0.2, 0.25) is 0 Å². The summed E-state index contributed by atoms with van der Waals surface area (Å²) in [5, 5.41) is 37.6. The van der Waals surface area contributed by atoms with E-state index in [2.05, 4.69) is 58.2 Å². The quantitative estimate of drug-likeness (QED) is 0.0347. The second-order valence-corrected chi connectivity index (χ2v) is 22.1. The zero-order valence-electron chi connectivity index (χ0n) is 52.4. The monoisotopic (exact) mass is 1260 g/mol. The van der Waals surface area contributed by atoms with Crippen LogP contribution in [0, 0.1) is 6.92 Å². The SMILES string of the molecule is Cc1cccc(O)c1C(=O)Nc1ccn(C)c1C(=O)Nc1ccn(C)c1C(=O)Nc1ccn(C)c1C(=O)NCC[C@@H](N)C(=O)Nc1cn(C)c(C(=O)Nc2cc(C(=O)Nc3cc(C(=O)Nc4cc(C(=O)NCCC(=O)NCCCN(C)C)n(C)c4)n(C)c3)n(C)c2)n1. The van der Waals surface area contributed by atoms with Gasteiger partial charge in [-0.25, -0.2) is 4.98 Å². The number of nitrogens with two attached hydrogens (primary N) is 1. The molecule has 0 aliphatic rings. The van der Waals surface area contributed by atoms with Crippen molar-refractivity contribution < 1.29 is 53.1 Å². The minimum atomic E-state index is -1.16. The van der Waals surface area contributed by atoms with E-state index in [0.29, 0.717) is 23.5 Å². The molecule has 0 saturated heterocycles. The number of aryl methyl sites for hydroxylation is 8. The molecule has 8 aromatic rings. The number of hydrogen-bond donors (Lipinski definition) is 12. The van der Waals surface area contributed by atoms with Gasteiger partial charge < -0.3 is 101 Å². The fourth-order valence-corrected chi connectivity index (χ4v) is 9.99. The van der Waals surface area contributed by atoms with Crippen LogP contribution < -0.4 is 58.9 Å². The minimum absolute atomic E-state index is 0.00209. The molecule has 0 aliphatic heterocycles. The summed E-state index contributed by atoms with van der Waals surface area (Å²) in [7, 11) is 15.1. The molecule has 0 unspecified atom stereocenters. The molecule has 0 radical (unpaired) electrons. The van der Waals surface area contributed by atoms with Gasteiger partial charge in [0.1, 0.15) is 39.9 Å². The smallest absolute Gasteiger partial charge is 0.291 e. The number of aromatic nitrogens is 8. The van der Waals surface area contributed by atoms with Crippen molar-refractivity contribution in [1.82, 2.24) is 57.8 Å². The fourth-order valence-electron chi connectivity index (χ4n) is 9.99. The zero-order chi connectivity index (χ0) is 66.8. The van der Waals surface area contributed by atoms with Crippen molar-refractivity contribution in [3.8, 4) is 5.75 Å². The molecule has 31 nitrogen and oxygen atoms in total. The van der Waals surface area contributed by atoms with Crippen LogP contribution >= 0.6 is 0 Å². The molecule has 1 aromatic carbocycles. The fraction of sp³-hybridized carbons (Fsp3) is 0.295. The third-order valence-corrected chi connectivity index (χ3v) is 14.7. The normalized spacial score (nSPS) is 11.4. The van der Waals surface area contributed by atoms with E-state index in [1.807, 2.05) is 19.0 Å². The van der Waals surface area contributed by atoms with E-state index < -0.39 is 59.2 Å². The van der Waals surface area contributed by atoms with Gasteiger partial charge in [-0.05, 0) is 88.4 Å². The average Bonchev–Trinajstić information content (AvgIpc) is 1.63. The summed E-state index contributed by atoms with van der Waals surface area (Å²) in [6.45, 7) is 3.09. The molecule has 92 heavy (non-hydrogen) atoms. The van der Waals surface area contributed by atoms with Gasteiger partial charge in [-0.2, -0.15) is 0 Å². The Hall–Kier alpha value is -11.5. The van der Waals surface area contributed by atoms with Gasteiger partial charge in [0.2, 0.25) is 17.6 Å². The number of rotatable bonds is 26. The lowest BCUT2D eigenvalue weighted by Gasteiger charge is -2.14. The maximum Gasteiger partial charge on any atom is 0.291 e. The molecule has 0 fully saturated rings. The Bertz CT molecular complexity index is 4140. The van der Waals surface area contributed by atoms with Crippen LogP contribution in [0.4, 0.5) is 39.9 Å². The lowest BCUT2D eigenvalue weighted by Crippen LogP contribution is -2.39. The van der Waals surface area contributed by atoms with Gasteiger partial charge in [0.15, 0.2) is 5.82 Å². The standard InChI is InChI=1S/C61H74N20O11/c1-34-13-11-14-45(82)48(34)57(88)69-40-18-25-76(5)50(40)59(90)71-41-19-26-77(6)51(41)60(91)70-39-17-24-75(4)49(39)58(89)65-21-15-38(62)53(84)73-46-33-81(10)52(72-46)61(92)68-37-29-44(80(9)32-37)56(87)67-36-28-43(79(8)31-36)55(86)66-35-27-42(78(7)30-35)54(85)64-22-16-47(83)63-20-12-23-74(2)3/h11,13-14,17-19,24-33,38,82H,12,15-16,20-23,62H2,1-10H3,(H,63,83)(H,64,85)(H,65,89)(H,66,86)(H,67,87)(H,68,92)(H,69,88)(H,70,91)(H,71,90)(H,73,84)/t38-/m1/s1. The van der Waals surface area contributed by atoms with E-state index >= 15 is 0 Å². The second kappa shape index (κ2) is 28.8. The zero-order valence-corrected chi connectivity index (χ0v) is 52.4. The number of phenolic OH excluding ortho intramolecular Hbond substituents is 1. The highest BCUT2D eigenvalue weighted by Gasteiger charge is 2.27. The van der Waals surface area contributed by atoms with Crippen molar-refractivity contribution in [2.75, 3.05) is 77.5 Å². The third-order valence-electron chi connectivity index (χ3n) is 14.7. The molecule has 31 heteroatoms. The average molecular weight is 1260 g/mol. The van der Waals surface area contributed by atoms with Crippen molar-refractivity contribution >= 4 is 99.0 Å². The van der Waals surface area contributed by atoms with Crippen LogP contribution in [0.15, 0.2) is 98.0 Å². The first-order chi connectivity index (χ1) is 43.7. The molecule has 7 heterocycles. The molecular weight excluding hydrogens is 1190 g/mol. The Balaban J connectivity index is 0.788. The molecule has 484 valence electrons. The van der Waals surface area contributed by atoms with Crippen LogP contribution in [-0.2, 0) is 58.9 Å². The maximum atomic E-state index is 13.9. The number of carbonyl (C=O) groups is 10. The number of anilines is 7. The number of imidazole rings is 1. The minimum Gasteiger partial charge on any atom is -0.507 e. The molecule has 0 aliphatic carbocycles. The van der Waals surface area contributed by atoms with Gasteiger partial charge in [-0.3, -0.25) is 47.9 Å². The number of benzene rings is 1. The summed E-state index contributed by atoms with van der Waals surface area (Å²) in [6.07, 6.45) is 11.6. The second-order valence-electron chi connectivity index (χ2n) is 22.1. The molecule has 1 atom stereocenters. The molecule has 10 amide bonds. The number of hydrogen-bond acceptors (Lipinski definition) is 14. The first-order valence-corrected chi connectivity index (χ1v) is 28.9. The van der Waals surface area contributed by atoms with Crippen molar-refractivity contribution in [2.24, 2.45) is 55.1 Å². The van der Waals surface area contributed by atoms with Crippen LogP contribution in [-0.4, -0.2) is 152 Å². The molecular formula is C61H74N20O11. The summed E-state index contributed by atoms with van der Waals surface area (Å²) in [4.78, 5) is 140. The van der Waals surface area contributed by atoms with Crippen molar-refractivity contribution in [1.29, 1.82) is 0 Å². The van der Waals surface area contributed by atoms with E-state index in [1.165, 1.54) is 89.3 Å². The highest BCUT2D eigenvalue weighted by Crippen LogP contribution is 2.28. The highest BCUT2D eigenvalue weighted by molar-refractivity contribution is 6.16. The summed E-state index contributed by atoms with van der Waals surface area (Å²) < 4.78 is 10.4. The van der Waals surface area contributed by atoms with E-state index in [0.717, 1.165) is 13.0 Å². The van der Waals surface area contributed by atoms with Crippen LogP contribution in [0.3, 0.4) is 0 Å². The Kier molecular flexibility index (Phi) is 20.8. The maximum absolute atomic E-state index is 13.9. The summed E-state index contributed by atoms with van der Waals surface area (Å²) in [6, 6.07) is 12.5. The van der Waals surface area contributed by atoms with E-state index in [4.69, 9.17) is 5.73 Å². The summed E-state index contributed by atoms with van der Waals surface area (Å²) in [5.41, 5.74) is 8.83. The lowest BCUT2D eigenvalue weighted by atomic mass is 10.1. The Labute approximate surface area is 527 Å². The van der Waals surface area contributed by atoms with Crippen molar-refractivity contribution in [3.05, 3.63) is 149 Å². The number of nitrogens with zero attached hydrogens (tertiary/aromatic N) is 9. The Morgan fingerprint density at radius 2 is 0.978 bits per heavy atom. The van der Waals surface area contributed by atoms with Crippen molar-refractivity contribution in [2.45, 2.75) is 32.2 Å². The van der Waals surface area contributed by atoms with E-state index in [1.54, 1.807) is 96.9 Å². The van der Waals surface area contributed by atoms with Gasteiger partial charge in [0.05, 0.1) is 45.7 Å². The lowest BCUT2D eigenvalue weighted by molar-refractivity contribution is -0.121. The number of nitrogens with one attached hydrogen (secondary N) is 10. The molecule has 0 spiro atoms. The Morgan fingerprint density at radius 3 is 1.48 bits per heavy atom. The third kappa shape index (κ3) is 15.9. The van der Waals surface area contributed by atoms with Crippen LogP contribution in [0.25, 0.3) is 0 Å². The topological polar surface area (TPSA) is 388 Å². The van der Waals surface area contributed by atoms with Gasteiger partial charge in [0.25, 0.3) is 47.3 Å². The first-order valence-electron chi connectivity index (χ1n) is 28.9. The van der Waals surface area contributed by atoms with Gasteiger partial charge in [-0.1, -0.05) is 12.1 Å². The summed E-state index contributed by atoms with van der Waals surface area (Å²) >= 11 is 0. The van der Waals surface area contributed by atoms with E-state index in [9.17, 15) is 53.1 Å². The van der Waals surface area contributed by atoms with E-state index in [-0.39, 0.29) is 112 Å². The van der Waals surface area contributed by atoms with Gasteiger partial charge in [0, 0.05) is 119 Å². The Morgan fingerprint density at radius 1 is 0.511 bits per heavy atom. The highest BCUT2D eigenvalue weighted by atomic mass is 16.3. The molecule has 0 saturated carbocycles. The number of amides is 10. The molecule has 0 bridgehead atoms. The van der Waals surface area contributed by atoms with Crippen LogP contribution in [0.5, 0.6) is 5.75 Å². The molecule has 7 aromatic heterocycles. The predicted octanol–water partition coefficient (Wildman–Crippen LogP) is 3.25. The van der Waals surface area contributed by atoms with Crippen molar-refractivity contribution in [3.63, 3.8) is 0 Å². The predicted molar refractivity (Wildman–Crippen MR) is 343 cm³/mol. The number of phenols is 1. The molecule has 13 N–H and O–H groups in total.